The number of aliphatic hydroxyl groups excluding tert-OH is 3. The van der Waals surface area contributed by atoms with Gasteiger partial charge in [-0.05, 0) is 248 Å². The first-order valence-electron chi connectivity index (χ1n) is 49.4. The fourth-order valence-electron chi connectivity index (χ4n) is 19.0. The summed E-state index contributed by atoms with van der Waals surface area (Å²) in [6.45, 7) is 25.0. The van der Waals surface area contributed by atoms with Crippen LogP contribution in [0.5, 0.6) is 11.5 Å². The molecule has 10 aromatic carbocycles. The van der Waals surface area contributed by atoms with Crippen molar-refractivity contribution >= 4 is 46.2 Å². The number of amides is 6. The third kappa shape index (κ3) is 23.3. The van der Waals surface area contributed by atoms with Gasteiger partial charge >= 0.3 is 0 Å². The summed E-state index contributed by atoms with van der Waals surface area (Å²) < 4.78 is 30.9. The number of hydrogen-bond acceptors (Lipinski definition) is 14. The van der Waals surface area contributed by atoms with Crippen molar-refractivity contribution in [1.82, 2.24) is 58.7 Å². The highest BCUT2D eigenvalue weighted by Gasteiger charge is 2.38. The molecule has 0 radical (unpaired) electrons. The summed E-state index contributed by atoms with van der Waals surface area (Å²) in [6.07, 6.45) is 13.2. The molecule has 16 rings (SSSR count). The van der Waals surface area contributed by atoms with Gasteiger partial charge < -0.3 is 54.2 Å². The molecule has 3 N–H and O–H groups in total. The SMILES string of the molecule is CCCCN(CCCC)C(=O)c1cc(C)n(-c2ccc(-c3c(OC)cccc3OC)cc2C(=O)N2Cc3ccccc3C[C@H]2CO)n1.CCCCN(CCCC)C(=O)c1cc(C)n(-c2ccc(-c3cc(C)cc(F)c3)cc2C(=O)N2Cc3ccccc3C[C@H]2CO)n1.CCCCN(CCCC)C(=O)c1cc(C)n(-c2ccc(-c3ccc4ccccc4c3)cc2C(=O)N2Cc3ccccc3C[C@H]2CO)n1. The summed E-state index contributed by atoms with van der Waals surface area (Å²) in [7, 11) is 3.21. The molecule has 3 atom stereocenters. The fraction of sp³-hybridized carbons (Fsp3) is 0.365. The lowest BCUT2D eigenvalue weighted by atomic mass is 9.93. The van der Waals surface area contributed by atoms with E-state index in [0.29, 0.717) is 152 Å². The largest absolute Gasteiger partial charge is 0.496 e. The van der Waals surface area contributed by atoms with Crippen LogP contribution in [0.2, 0.25) is 0 Å². The number of carbonyl (C=O) groups excluding carboxylic acids is 6. The molecule has 3 aliphatic heterocycles. The Kier molecular flexibility index (Phi) is 34.7. The summed E-state index contributed by atoms with van der Waals surface area (Å²) in [6, 6.07) is 70.2. The Labute approximate surface area is 816 Å². The number of hydrogen-bond donors (Lipinski definition) is 3. The van der Waals surface area contributed by atoms with Crippen molar-refractivity contribution in [2.45, 2.75) is 203 Å². The van der Waals surface area contributed by atoms with Crippen molar-refractivity contribution in [2.75, 3.05) is 73.3 Å². The molecule has 0 bridgehead atoms. The molecule has 23 nitrogen and oxygen atoms in total. The molecule has 0 unspecified atom stereocenters. The molecule has 0 saturated carbocycles. The number of aliphatic hydroxyl groups is 3. The maximum Gasteiger partial charge on any atom is 0.274 e. The molecule has 13 aromatic rings. The van der Waals surface area contributed by atoms with Crippen LogP contribution < -0.4 is 9.47 Å². The van der Waals surface area contributed by atoms with E-state index in [-0.39, 0.29) is 67.1 Å². The van der Waals surface area contributed by atoms with Crippen LogP contribution in [0, 0.1) is 33.5 Å². The number of nitrogens with zero attached hydrogens (tertiary/aromatic N) is 12. The number of carbonyl (C=O) groups is 6. The number of fused-ring (bicyclic) bond motifs is 4. The van der Waals surface area contributed by atoms with E-state index in [4.69, 9.17) is 24.8 Å². The van der Waals surface area contributed by atoms with Crippen LogP contribution in [0.3, 0.4) is 0 Å². The van der Waals surface area contributed by atoms with Gasteiger partial charge in [0, 0.05) is 76.0 Å². The van der Waals surface area contributed by atoms with Crippen LogP contribution in [-0.4, -0.2) is 201 Å². The Morgan fingerprint density at radius 1 is 0.345 bits per heavy atom. The highest BCUT2D eigenvalue weighted by atomic mass is 19.1. The summed E-state index contributed by atoms with van der Waals surface area (Å²) in [5.74, 6) is -0.110. The highest BCUT2D eigenvalue weighted by Crippen LogP contribution is 2.42. The third-order valence-electron chi connectivity index (χ3n) is 26.9. The topological polar surface area (TPSA) is 254 Å². The zero-order valence-corrected chi connectivity index (χ0v) is 82.5. The lowest BCUT2D eigenvalue weighted by Crippen LogP contribution is -2.46. The van der Waals surface area contributed by atoms with Crippen molar-refractivity contribution in [3.8, 4) is 61.9 Å². The molecule has 24 heteroatoms. The normalized spacial score (nSPS) is 14.2. The van der Waals surface area contributed by atoms with E-state index >= 15 is 0 Å². The Balaban J connectivity index is 0.000000166. The zero-order valence-electron chi connectivity index (χ0n) is 82.5. The molecule has 6 heterocycles. The number of ether oxygens (including phenoxy) is 2. The van der Waals surface area contributed by atoms with Gasteiger partial charge in [0.15, 0.2) is 17.1 Å². The van der Waals surface area contributed by atoms with E-state index in [9.17, 15) is 48.5 Å². The Morgan fingerprint density at radius 2 is 0.655 bits per heavy atom. The molecular formula is C115H133FN12O11. The number of rotatable bonds is 35. The van der Waals surface area contributed by atoms with Crippen molar-refractivity contribution in [2.24, 2.45) is 0 Å². The van der Waals surface area contributed by atoms with Gasteiger partial charge in [-0.1, -0.05) is 220 Å². The monoisotopic (exact) mass is 1880 g/mol. The van der Waals surface area contributed by atoms with E-state index < -0.39 is 12.1 Å². The second-order valence-corrected chi connectivity index (χ2v) is 36.8. The van der Waals surface area contributed by atoms with Crippen LogP contribution in [0.4, 0.5) is 4.39 Å². The van der Waals surface area contributed by atoms with Crippen molar-refractivity contribution < 1.29 is 58.0 Å². The lowest BCUT2D eigenvalue weighted by Gasteiger charge is -2.36. The standard InChI is InChI=1S/C40H44N4O3.C38H46N4O5.C37H43FN4O3/c1-4-6-20-42(21-7-5-2)40(47)37-22-28(3)44(41-37)38-19-18-33(32-17-16-29-12-8-9-13-30(29)23-32)25-36(38)39(46)43-26-34-15-11-10-14-31(34)24-35(43)27-45;1-6-8-19-40(20-9-7-2)38(45)32-21-26(3)42(39-32)33-18-17-28(36-34(46-4)15-12-16-35(36)47-5)23-31(33)37(44)41-24-29-14-11-10-13-27(29)22-30(41)25-43;1-5-7-15-40(16-8-6-2)37(45)34-19-26(4)42(39-34)35-14-13-28(30-17-25(3)18-31(38)20-30)22-33(35)36(44)41-23-29-12-10-9-11-27(29)21-32(41)24-43/h8-19,22-23,25,35,45H,4-7,20-21,24,26-27H2,1-3H3;10-18,21,23,30,43H,6-9,19-20,22,24-25H2,1-5H3;9-14,17-20,22,32,43H,5-8,15-16,21,23-24H2,1-4H3/t35-;30-;32-/m000/s1. The average molecular weight is 1880 g/mol. The van der Waals surface area contributed by atoms with Gasteiger partial charge in [0.05, 0.1) is 91.5 Å². The molecule has 0 saturated heterocycles. The van der Waals surface area contributed by atoms with Gasteiger partial charge in [-0.25, -0.2) is 18.4 Å². The lowest BCUT2D eigenvalue weighted by molar-refractivity contribution is 0.0539. The average Bonchev–Trinajstić information content (AvgIpc) is 1.76. The Hall–Kier alpha value is -13.7. The van der Waals surface area contributed by atoms with Gasteiger partial charge in [-0.2, -0.15) is 15.3 Å². The smallest absolute Gasteiger partial charge is 0.274 e. The molecule has 0 aliphatic carbocycles. The summed E-state index contributed by atoms with van der Waals surface area (Å²) >= 11 is 0. The number of aromatic nitrogens is 6. The number of unbranched alkanes of at least 4 members (excludes halogenated alkanes) is 6. The summed E-state index contributed by atoms with van der Waals surface area (Å²) in [5, 5.41) is 47.9. The maximum absolute atomic E-state index is 14.7. The van der Waals surface area contributed by atoms with Crippen LogP contribution in [-0.2, 0) is 38.9 Å². The van der Waals surface area contributed by atoms with Gasteiger partial charge in [-0.15, -0.1) is 0 Å². The van der Waals surface area contributed by atoms with Crippen LogP contribution in [0.25, 0.3) is 61.2 Å². The number of aryl methyl sites for hydroxylation is 4. The second-order valence-electron chi connectivity index (χ2n) is 36.8. The molecule has 0 fully saturated rings. The molecule has 3 aromatic heterocycles. The van der Waals surface area contributed by atoms with Crippen LogP contribution in [0.15, 0.2) is 224 Å². The minimum atomic E-state index is -0.401. The fourth-order valence-corrected chi connectivity index (χ4v) is 19.0. The van der Waals surface area contributed by atoms with E-state index in [0.717, 1.165) is 166 Å². The first-order valence-corrected chi connectivity index (χ1v) is 49.4. The van der Waals surface area contributed by atoms with Crippen LogP contribution >= 0.6 is 0 Å². The molecule has 726 valence electrons. The van der Waals surface area contributed by atoms with Crippen LogP contribution in [0.1, 0.15) is 237 Å². The minimum Gasteiger partial charge on any atom is -0.496 e. The third-order valence-corrected chi connectivity index (χ3v) is 26.9. The van der Waals surface area contributed by atoms with Gasteiger partial charge in [0.25, 0.3) is 35.4 Å². The van der Waals surface area contributed by atoms with Crippen molar-refractivity contribution in [3.63, 3.8) is 0 Å². The minimum absolute atomic E-state index is 0.0811. The predicted molar refractivity (Wildman–Crippen MR) is 546 cm³/mol. The van der Waals surface area contributed by atoms with Gasteiger partial charge in [0.2, 0.25) is 0 Å². The number of benzene rings is 10. The maximum atomic E-state index is 14.7. The predicted octanol–water partition coefficient (Wildman–Crippen LogP) is 21.0. The summed E-state index contributed by atoms with van der Waals surface area (Å²) in [5.41, 5.74) is 18.3. The van der Waals surface area contributed by atoms with Gasteiger partial charge in [0.1, 0.15) is 17.3 Å². The second kappa shape index (κ2) is 47.6. The Morgan fingerprint density at radius 3 is 0.993 bits per heavy atom. The van der Waals surface area contributed by atoms with E-state index in [2.05, 4.69) is 84.0 Å². The van der Waals surface area contributed by atoms with Crippen molar-refractivity contribution in [3.05, 3.63) is 320 Å². The number of methoxy groups -OCH3 is 2. The molecule has 0 spiro atoms. The van der Waals surface area contributed by atoms with E-state index in [1.807, 2.05) is 194 Å². The van der Waals surface area contributed by atoms with Gasteiger partial charge in [-0.3, -0.25) is 28.8 Å². The first kappa shape index (κ1) is 101. The Bertz CT molecular complexity index is 6450. The first-order chi connectivity index (χ1) is 67.5. The van der Waals surface area contributed by atoms with E-state index in [1.165, 1.54) is 12.1 Å². The van der Waals surface area contributed by atoms with E-state index in [1.54, 1.807) is 61.2 Å². The molecular weight excluding hydrogens is 1740 g/mol. The van der Waals surface area contributed by atoms with Crippen molar-refractivity contribution in [1.29, 1.82) is 0 Å². The molecule has 3 aliphatic rings. The molecule has 6 amide bonds. The molecule has 139 heavy (non-hydrogen) atoms. The zero-order chi connectivity index (χ0) is 98.5. The highest BCUT2D eigenvalue weighted by molar-refractivity contribution is 6.03. The number of halogens is 1. The summed E-state index contributed by atoms with van der Waals surface area (Å²) in [4.78, 5) is 95.8. The quantitative estimate of drug-likeness (QED) is 0.0334.